The van der Waals surface area contributed by atoms with Crippen molar-refractivity contribution < 1.29 is 34.2 Å². The zero-order valence-electron chi connectivity index (χ0n) is 26.2. The van der Waals surface area contributed by atoms with Gasteiger partial charge in [0, 0.05) is 18.3 Å². The molecule has 0 radical (unpaired) electrons. The molecule has 0 heterocycles. The summed E-state index contributed by atoms with van der Waals surface area (Å²) in [5, 5.41) is 30.5. The van der Waals surface area contributed by atoms with Gasteiger partial charge < -0.3 is 24.6 Å². The molecule has 0 aromatic carbocycles. The van der Waals surface area contributed by atoms with Gasteiger partial charge in [0.2, 0.25) is 0 Å². The van der Waals surface area contributed by atoms with Crippen LogP contribution in [0.4, 0.5) is 0 Å². The highest BCUT2D eigenvalue weighted by molar-refractivity contribution is 5.70. The van der Waals surface area contributed by atoms with Gasteiger partial charge in [-0.1, -0.05) is 116 Å². The second-order valence-electron chi connectivity index (χ2n) is 12.3. The Kier molecular flexibility index (Phi) is 22.7. The summed E-state index contributed by atoms with van der Waals surface area (Å²) in [6.07, 6.45) is 26.0. The van der Waals surface area contributed by atoms with Gasteiger partial charge in [0.05, 0.1) is 26.2 Å². The third-order valence-corrected chi connectivity index (χ3v) is 8.14. The normalized spacial score (nSPS) is 15.5. The minimum absolute atomic E-state index is 0.138. The number of nitrogens with zero attached hydrogens (tertiary/aromatic N) is 1. The molecule has 40 heavy (non-hydrogen) atoms. The third kappa shape index (κ3) is 20.1. The van der Waals surface area contributed by atoms with Gasteiger partial charge in [-0.2, -0.15) is 0 Å². The van der Waals surface area contributed by atoms with Crippen LogP contribution in [0, 0.1) is 17.8 Å². The number of rotatable bonds is 28. The van der Waals surface area contributed by atoms with Gasteiger partial charge in [0.1, 0.15) is 11.8 Å². The van der Waals surface area contributed by atoms with Crippen LogP contribution in [0.1, 0.15) is 137 Å². The average molecular weight is 568 g/mol. The van der Waals surface area contributed by atoms with Gasteiger partial charge in [0.15, 0.2) is 0 Å². The molecule has 0 saturated carbocycles. The number of carboxylic acids is 3. The zero-order valence-corrected chi connectivity index (χ0v) is 26.2. The second-order valence-corrected chi connectivity index (χ2v) is 12.3. The summed E-state index contributed by atoms with van der Waals surface area (Å²) < 4.78 is 0.138. The Bertz CT molecular complexity index is 652. The van der Waals surface area contributed by atoms with Crippen LogP contribution in [0.3, 0.4) is 0 Å². The highest BCUT2D eigenvalue weighted by atomic mass is 16.4. The largest absolute Gasteiger partial charge is 0.550 e. The quantitative estimate of drug-likeness (QED) is 0.0608. The van der Waals surface area contributed by atoms with Crippen molar-refractivity contribution in [1.29, 1.82) is 0 Å². The molecule has 0 amide bonds. The summed E-state index contributed by atoms with van der Waals surface area (Å²) >= 11 is 0. The molecule has 3 atom stereocenters. The van der Waals surface area contributed by atoms with Crippen LogP contribution in [-0.4, -0.2) is 58.8 Å². The molecule has 0 bridgehead atoms. The van der Waals surface area contributed by atoms with Gasteiger partial charge in [-0.15, -0.1) is 0 Å². The molecule has 3 unspecified atom stereocenters. The van der Waals surface area contributed by atoms with E-state index in [1.165, 1.54) is 89.9 Å². The van der Waals surface area contributed by atoms with E-state index in [2.05, 4.69) is 19.1 Å². The molecule has 234 valence electrons. The summed E-state index contributed by atoms with van der Waals surface area (Å²) in [4.78, 5) is 34.7. The Hall–Kier alpha value is -1.89. The molecule has 0 aliphatic carbocycles. The van der Waals surface area contributed by atoms with Crippen molar-refractivity contribution in [2.75, 3.05) is 26.2 Å². The number of aliphatic carboxylic acids is 3. The van der Waals surface area contributed by atoms with Crippen molar-refractivity contribution in [3.05, 3.63) is 12.2 Å². The molecule has 0 spiro atoms. The van der Waals surface area contributed by atoms with Crippen LogP contribution in [0.2, 0.25) is 0 Å². The average Bonchev–Trinajstić information content (AvgIpc) is 2.89. The van der Waals surface area contributed by atoms with E-state index in [0.29, 0.717) is 13.0 Å². The molecule has 0 aromatic heterocycles. The maximum atomic E-state index is 11.6. The fourth-order valence-electron chi connectivity index (χ4n) is 5.69. The van der Waals surface area contributed by atoms with Crippen LogP contribution in [0.5, 0.6) is 0 Å². The van der Waals surface area contributed by atoms with Crippen LogP contribution in [0.25, 0.3) is 0 Å². The van der Waals surface area contributed by atoms with Crippen molar-refractivity contribution >= 4 is 17.9 Å². The lowest BCUT2D eigenvalue weighted by Crippen LogP contribution is -2.58. The maximum Gasteiger partial charge on any atom is 0.311 e. The van der Waals surface area contributed by atoms with Crippen molar-refractivity contribution in [1.82, 2.24) is 0 Å². The van der Waals surface area contributed by atoms with Crippen LogP contribution < -0.4 is 5.11 Å². The Balaban J connectivity index is 4.37. The maximum absolute atomic E-state index is 11.6. The van der Waals surface area contributed by atoms with E-state index in [0.717, 1.165) is 12.8 Å². The molecule has 0 saturated heterocycles. The minimum Gasteiger partial charge on any atom is -0.550 e. The van der Waals surface area contributed by atoms with E-state index in [1.807, 2.05) is 0 Å². The van der Waals surface area contributed by atoms with E-state index < -0.39 is 35.7 Å². The first kappa shape index (κ1) is 38.1. The second kappa shape index (κ2) is 23.8. The zero-order chi connectivity index (χ0) is 30.2. The van der Waals surface area contributed by atoms with E-state index >= 15 is 0 Å². The molecule has 2 N–H and O–H groups in total. The first-order valence-electron chi connectivity index (χ1n) is 16.2. The third-order valence-electron chi connectivity index (χ3n) is 8.14. The van der Waals surface area contributed by atoms with Gasteiger partial charge in [-0.3, -0.25) is 9.59 Å². The van der Waals surface area contributed by atoms with E-state index in [9.17, 15) is 29.7 Å². The molecule has 7 nitrogen and oxygen atoms in total. The summed E-state index contributed by atoms with van der Waals surface area (Å²) in [5.74, 6) is -5.34. The van der Waals surface area contributed by atoms with Gasteiger partial charge in [0.25, 0.3) is 0 Å². The number of carbonyl (C=O) groups excluding carboxylic acids is 1. The number of carbonyl (C=O) groups is 3. The Morgan fingerprint density at radius 3 is 1.32 bits per heavy atom. The van der Waals surface area contributed by atoms with E-state index in [4.69, 9.17) is 0 Å². The number of hydrogen-bond acceptors (Lipinski definition) is 4. The smallest absolute Gasteiger partial charge is 0.311 e. The van der Waals surface area contributed by atoms with Crippen molar-refractivity contribution in [3.63, 3.8) is 0 Å². The first-order chi connectivity index (χ1) is 19.0. The monoisotopic (exact) mass is 567 g/mol. The number of carboxylic acid groups (broad SMARTS) is 3. The fraction of sp³-hybridized carbons (Fsp3) is 0.848. The molecular weight excluding hydrogens is 506 g/mol. The predicted octanol–water partition coefficient (Wildman–Crippen LogP) is 6.84. The van der Waals surface area contributed by atoms with Crippen LogP contribution in [0.15, 0.2) is 12.2 Å². The molecule has 0 aliphatic heterocycles. The Morgan fingerprint density at radius 2 is 0.950 bits per heavy atom. The molecule has 0 aliphatic rings. The molecule has 0 aromatic rings. The lowest BCUT2D eigenvalue weighted by atomic mass is 10.0. The topological polar surface area (TPSA) is 115 Å². The number of unbranched alkanes of at least 4 members (excludes halogenated alkanes) is 15. The molecule has 0 fully saturated rings. The Morgan fingerprint density at radius 1 is 0.600 bits per heavy atom. The molecule has 0 rings (SSSR count). The van der Waals surface area contributed by atoms with Gasteiger partial charge in [-0.25, -0.2) is 0 Å². The molecular formula is C33H61NO6. The van der Waals surface area contributed by atoms with Crippen molar-refractivity contribution in [2.45, 2.75) is 137 Å². The first-order valence-corrected chi connectivity index (χ1v) is 16.2. The number of hydrogen-bond donors (Lipinski definition) is 2. The van der Waals surface area contributed by atoms with Crippen molar-refractivity contribution in [2.24, 2.45) is 17.8 Å². The lowest BCUT2D eigenvalue weighted by molar-refractivity contribution is -0.934. The SMILES string of the molecule is CCCCCCCCCCCCCCCCC/C=C/CC[N+](CC(C)C(=O)[O-])(CC(C)C(=O)O)CC(C)C(=O)O. The fourth-order valence-corrected chi connectivity index (χ4v) is 5.69. The van der Waals surface area contributed by atoms with Crippen LogP contribution >= 0.6 is 0 Å². The van der Waals surface area contributed by atoms with Crippen LogP contribution in [-0.2, 0) is 14.4 Å². The van der Waals surface area contributed by atoms with Crippen molar-refractivity contribution in [3.8, 4) is 0 Å². The van der Waals surface area contributed by atoms with E-state index in [-0.39, 0.29) is 24.1 Å². The number of allylic oxidation sites excluding steroid dienone is 1. The predicted molar refractivity (Wildman–Crippen MR) is 161 cm³/mol. The molecule has 7 heteroatoms. The summed E-state index contributed by atoms with van der Waals surface area (Å²) in [6.45, 7) is 8.04. The Labute approximate surface area is 245 Å². The van der Waals surface area contributed by atoms with Gasteiger partial charge in [-0.05, 0) is 26.7 Å². The summed E-state index contributed by atoms with van der Waals surface area (Å²) in [5.41, 5.74) is 0. The highest BCUT2D eigenvalue weighted by Crippen LogP contribution is 2.21. The summed E-state index contributed by atoms with van der Waals surface area (Å²) in [7, 11) is 0. The minimum atomic E-state index is -1.20. The van der Waals surface area contributed by atoms with Gasteiger partial charge >= 0.3 is 11.9 Å². The lowest BCUT2D eigenvalue weighted by Gasteiger charge is -2.42. The summed E-state index contributed by atoms with van der Waals surface area (Å²) in [6, 6.07) is 0. The number of quaternary nitrogens is 1. The highest BCUT2D eigenvalue weighted by Gasteiger charge is 2.36. The van der Waals surface area contributed by atoms with E-state index in [1.54, 1.807) is 20.8 Å². The standard InChI is InChI=1S/C33H61NO6/c1-5-6-7-8-9-10-11-12-13-14-15-16-17-18-19-20-21-22-23-24-34(25-28(2)31(35)36,26-29(3)32(37)38)27-30(4)33(39)40/h21-22,28-30H,5-20,23-27H2,1-4H3,(H2-,35,36,37,38,39,40)/b22-21+.